The Morgan fingerprint density at radius 1 is 0.852 bits per heavy atom. The van der Waals surface area contributed by atoms with Gasteiger partial charge in [0.15, 0.2) is 5.78 Å². The van der Waals surface area contributed by atoms with E-state index in [1.807, 2.05) is 45.4 Å². The zero-order valence-electron chi connectivity index (χ0n) is 31.0. The average molecular weight is 754 g/mol. The number of amides is 1. The largest absolute Gasteiger partial charge is 0.457 e. The molecule has 1 N–H and O–H groups in total. The Bertz CT molecular complexity index is 2250. The summed E-state index contributed by atoms with van der Waals surface area (Å²) in [7, 11) is -4.41. The van der Waals surface area contributed by atoms with E-state index in [1.165, 1.54) is 30.3 Å². The summed E-state index contributed by atoms with van der Waals surface area (Å²) in [5.41, 5.74) is 3.41. The Kier molecular flexibility index (Phi) is 12.8. The Labute approximate surface area is 315 Å². The number of sulfonamides is 1. The minimum atomic E-state index is -4.41. The van der Waals surface area contributed by atoms with Gasteiger partial charge in [0.1, 0.15) is 18.0 Å². The van der Waals surface area contributed by atoms with E-state index in [2.05, 4.69) is 0 Å². The fourth-order valence-electron chi connectivity index (χ4n) is 5.99. The number of nitrogens with one attached hydrogen (secondary N) is 1. The molecule has 10 nitrogen and oxygen atoms in total. The summed E-state index contributed by atoms with van der Waals surface area (Å²) in [6, 6.07) is 26.1. The van der Waals surface area contributed by atoms with Crippen LogP contribution in [0.1, 0.15) is 95.8 Å². The number of nitrogens with zero attached hydrogens (tertiary/aromatic N) is 2. The van der Waals surface area contributed by atoms with E-state index in [0.717, 1.165) is 0 Å². The summed E-state index contributed by atoms with van der Waals surface area (Å²) in [6.07, 6.45) is -0.293. The van der Waals surface area contributed by atoms with Crippen LogP contribution in [0.15, 0.2) is 102 Å². The van der Waals surface area contributed by atoms with Crippen molar-refractivity contribution in [2.45, 2.75) is 71.4 Å². The van der Waals surface area contributed by atoms with E-state index >= 15 is 4.39 Å². The molecule has 0 radical (unpaired) electrons. The number of hydrogen-bond donors (Lipinski definition) is 1. The molecule has 0 aliphatic carbocycles. The molecule has 0 aliphatic heterocycles. The SMILES string of the molecule is CCCn1nc(C(C)C)c(C(=O)OCc2ccccc2C(=O)c2ccccc2)c1Cc1ccc(-c2ccccc2S(=O)(=O)NC(=O)OCC(C)C)c(F)c1. The first kappa shape index (κ1) is 39.6. The molecule has 54 heavy (non-hydrogen) atoms. The third kappa shape index (κ3) is 9.29. The van der Waals surface area contributed by atoms with Crippen LogP contribution in [0.4, 0.5) is 9.18 Å². The normalized spacial score (nSPS) is 11.5. The molecule has 0 saturated heterocycles. The highest BCUT2D eigenvalue weighted by atomic mass is 32.2. The molecule has 0 bridgehead atoms. The van der Waals surface area contributed by atoms with Gasteiger partial charge in [0, 0.05) is 40.8 Å². The van der Waals surface area contributed by atoms with Gasteiger partial charge in [-0.05, 0) is 36.0 Å². The Balaban J connectivity index is 1.44. The van der Waals surface area contributed by atoms with Crippen LogP contribution >= 0.6 is 0 Å². The Morgan fingerprint density at radius 2 is 1.54 bits per heavy atom. The van der Waals surface area contributed by atoms with E-state index in [0.29, 0.717) is 46.6 Å². The monoisotopic (exact) mass is 753 g/mol. The molecule has 1 heterocycles. The minimum Gasteiger partial charge on any atom is -0.457 e. The maximum Gasteiger partial charge on any atom is 0.421 e. The third-order valence-electron chi connectivity index (χ3n) is 8.57. The van der Waals surface area contributed by atoms with E-state index in [-0.39, 0.29) is 58.8 Å². The molecule has 0 unspecified atom stereocenters. The van der Waals surface area contributed by atoms with Crippen molar-refractivity contribution in [1.29, 1.82) is 0 Å². The molecular weight excluding hydrogens is 710 g/mol. The van der Waals surface area contributed by atoms with Crippen molar-refractivity contribution in [2.75, 3.05) is 6.61 Å². The number of carbonyl (C=O) groups excluding carboxylic acids is 3. The first-order valence-corrected chi connectivity index (χ1v) is 19.3. The topological polar surface area (TPSA) is 134 Å². The van der Waals surface area contributed by atoms with Gasteiger partial charge in [-0.25, -0.2) is 27.1 Å². The molecule has 0 spiro atoms. The van der Waals surface area contributed by atoms with Gasteiger partial charge in [0.05, 0.1) is 22.9 Å². The van der Waals surface area contributed by atoms with Crippen molar-refractivity contribution in [3.63, 3.8) is 0 Å². The highest BCUT2D eigenvalue weighted by Gasteiger charge is 2.28. The second-order valence-corrected chi connectivity index (χ2v) is 15.2. The first-order chi connectivity index (χ1) is 25.8. The zero-order chi connectivity index (χ0) is 39.0. The number of ketones is 1. The van der Waals surface area contributed by atoms with E-state index in [1.54, 1.807) is 65.3 Å². The minimum absolute atomic E-state index is 0.00254. The molecule has 1 aromatic heterocycles. The van der Waals surface area contributed by atoms with Gasteiger partial charge in [-0.3, -0.25) is 9.48 Å². The van der Waals surface area contributed by atoms with E-state index in [9.17, 15) is 22.8 Å². The van der Waals surface area contributed by atoms with Crippen LogP contribution in [0.2, 0.25) is 0 Å². The van der Waals surface area contributed by atoms with E-state index in [4.69, 9.17) is 14.6 Å². The molecule has 5 rings (SSSR count). The lowest BCUT2D eigenvalue weighted by molar-refractivity contribution is 0.0467. The number of hydrogen-bond acceptors (Lipinski definition) is 8. The average Bonchev–Trinajstić information content (AvgIpc) is 3.51. The predicted octanol–water partition coefficient (Wildman–Crippen LogP) is 8.47. The van der Waals surface area contributed by atoms with Crippen LogP contribution in [0.5, 0.6) is 0 Å². The highest BCUT2D eigenvalue weighted by Crippen LogP contribution is 2.32. The van der Waals surface area contributed by atoms with Gasteiger partial charge in [0.25, 0.3) is 10.0 Å². The standard InChI is InChI=1S/C42H44FN3O7S/c1-6-22-46-36(24-29-20-21-33(35(43)23-29)34-18-12-13-19-37(34)54(50,51)45-42(49)53-25-27(2)3)38(39(44-46)28(4)5)41(48)52-26-31-16-10-11-17-32(31)40(47)30-14-8-7-9-15-30/h7-21,23,27-28H,6,22,24-26H2,1-5H3,(H,45,49). The number of halogens is 1. The summed E-state index contributed by atoms with van der Waals surface area (Å²) < 4.78 is 57.0. The fraction of sp³-hybridized carbons (Fsp3) is 0.286. The number of esters is 1. The second kappa shape index (κ2) is 17.5. The van der Waals surface area contributed by atoms with Gasteiger partial charge in [-0.15, -0.1) is 0 Å². The molecule has 0 atom stereocenters. The fourth-order valence-corrected chi connectivity index (χ4v) is 7.10. The number of aromatic nitrogens is 2. The van der Waals surface area contributed by atoms with Gasteiger partial charge in [-0.1, -0.05) is 120 Å². The van der Waals surface area contributed by atoms with Crippen LogP contribution < -0.4 is 4.72 Å². The summed E-state index contributed by atoms with van der Waals surface area (Å²) in [5.74, 6) is -1.66. The number of ether oxygens (including phenoxy) is 2. The van der Waals surface area contributed by atoms with Gasteiger partial charge in [-0.2, -0.15) is 5.10 Å². The molecule has 0 saturated carbocycles. The number of aryl methyl sites for hydroxylation is 1. The molecular formula is C42H44FN3O7S. The summed E-state index contributed by atoms with van der Waals surface area (Å²) in [4.78, 5) is 39.2. The second-order valence-electron chi connectivity index (χ2n) is 13.6. The van der Waals surface area contributed by atoms with Gasteiger partial charge in [0.2, 0.25) is 0 Å². The Hall–Kier alpha value is -5.62. The van der Waals surface area contributed by atoms with Gasteiger partial charge >= 0.3 is 12.1 Å². The van der Waals surface area contributed by atoms with Gasteiger partial charge < -0.3 is 9.47 Å². The lowest BCUT2D eigenvalue weighted by Crippen LogP contribution is -2.32. The van der Waals surface area contributed by atoms with Crippen molar-refractivity contribution in [2.24, 2.45) is 5.92 Å². The van der Waals surface area contributed by atoms with Crippen LogP contribution in [0, 0.1) is 11.7 Å². The molecule has 12 heteroatoms. The molecule has 282 valence electrons. The smallest absolute Gasteiger partial charge is 0.421 e. The molecule has 0 fully saturated rings. The molecule has 0 aliphatic rings. The molecule has 4 aromatic carbocycles. The summed E-state index contributed by atoms with van der Waals surface area (Å²) in [6.45, 7) is 9.83. The molecule has 5 aromatic rings. The lowest BCUT2D eigenvalue weighted by Gasteiger charge is -2.14. The van der Waals surface area contributed by atoms with Crippen LogP contribution in [0.3, 0.4) is 0 Å². The van der Waals surface area contributed by atoms with Crippen molar-refractivity contribution in [3.05, 3.63) is 142 Å². The number of carbonyl (C=O) groups is 3. The van der Waals surface area contributed by atoms with Crippen molar-refractivity contribution in [1.82, 2.24) is 14.5 Å². The Morgan fingerprint density at radius 3 is 2.22 bits per heavy atom. The van der Waals surface area contributed by atoms with E-state index < -0.39 is 27.9 Å². The van der Waals surface area contributed by atoms with Crippen LogP contribution in [-0.2, 0) is 39.1 Å². The van der Waals surface area contributed by atoms with Crippen LogP contribution in [0.25, 0.3) is 11.1 Å². The third-order valence-corrected chi connectivity index (χ3v) is 9.94. The van der Waals surface area contributed by atoms with Crippen molar-refractivity contribution < 1.29 is 36.7 Å². The summed E-state index contributed by atoms with van der Waals surface area (Å²) >= 11 is 0. The van der Waals surface area contributed by atoms with Crippen LogP contribution in [-0.4, -0.2) is 42.7 Å². The molecule has 1 amide bonds. The number of benzene rings is 4. The maximum atomic E-state index is 16.0. The van der Waals surface area contributed by atoms with Crippen molar-refractivity contribution in [3.8, 4) is 11.1 Å². The first-order valence-electron chi connectivity index (χ1n) is 17.8. The zero-order valence-corrected chi connectivity index (χ0v) is 31.8. The maximum absolute atomic E-state index is 16.0. The predicted molar refractivity (Wildman–Crippen MR) is 203 cm³/mol. The summed E-state index contributed by atoms with van der Waals surface area (Å²) in [5, 5.41) is 4.79. The van der Waals surface area contributed by atoms with Crippen molar-refractivity contribution >= 4 is 27.9 Å². The lowest BCUT2D eigenvalue weighted by atomic mass is 9.97. The number of rotatable bonds is 15. The highest BCUT2D eigenvalue weighted by molar-refractivity contribution is 7.90. The quantitative estimate of drug-likeness (QED) is 0.0832.